The van der Waals surface area contributed by atoms with Crippen LogP contribution in [0.5, 0.6) is 5.75 Å². The molecule has 8 heteroatoms. The van der Waals surface area contributed by atoms with Crippen molar-refractivity contribution in [3.05, 3.63) is 94.5 Å². The number of alkyl halides is 3. The van der Waals surface area contributed by atoms with E-state index in [2.05, 4.69) is 0 Å². The van der Waals surface area contributed by atoms with Gasteiger partial charge in [0.05, 0.1) is 18.7 Å². The van der Waals surface area contributed by atoms with Crippen molar-refractivity contribution in [2.24, 2.45) is 0 Å². The molecular weight excluding hydrogens is 459 g/mol. The first kappa shape index (κ1) is 24.3. The van der Waals surface area contributed by atoms with Gasteiger partial charge in [-0.15, -0.1) is 0 Å². The van der Waals surface area contributed by atoms with Gasteiger partial charge in [-0.25, -0.2) is 4.79 Å². The molecule has 4 rings (SSSR count). The number of hydrogen-bond donors (Lipinski definition) is 0. The minimum absolute atomic E-state index is 0.146. The normalized spacial score (nSPS) is 13.0. The lowest BCUT2D eigenvalue weighted by Gasteiger charge is -2.17. The second-order valence-corrected chi connectivity index (χ2v) is 8.12. The molecule has 1 aliphatic heterocycles. The van der Waals surface area contributed by atoms with Crippen LogP contribution in [-0.2, 0) is 35.1 Å². The van der Waals surface area contributed by atoms with Crippen molar-refractivity contribution in [1.82, 2.24) is 0 Å². The fourth-order valence-corrected chi connectivity index (χ4v) is 4.05. The fraction of sp³-hybridized carbons (Fsp3) is 0.259. The highest BCUT2D eigenvalue weighted by molar-refractivity contribution is 6.10. The number of hydrogen-bond acceptors (Lipinski definition) is 4. The van der Waals surface area contributed by atoms with Gasteiger partial charge in [-0.1, -0.05) is 24.3 Å². The average molecular weight is 483 g/mol. The van der Waals surface area contributed by atoms with Crippen LogP contribution in [0, 0.1) is 0 Å². The molecule has 0 spiro atoms. The zero-order valence-corrected chi connectivity index (χ0v) is 19.1. The van der Waals surface area contributed by atoms with Crippen molar-refractivity contribution >= 4 is 17.6 Å². The van der Waals surface area contributed by atoms with Crippen LogP contribution < -0.4 is 9.64 Å². The Labute approximate surface area is 201 Å². The summed E-state index contributed by atoms with van der Waals surface area (Å²) >= 11 is 0. The van der Waals surface area contributed by atoms with E-state index in [-0.39, 0.29) is 12.5 Å². The topological polar surface area (TPSA) is 55.8 Å². The predicted molar refractivity (Wildman–Crippen MR) is 124 cm³/mol. The van der Waals surface area contributed by atoms with Crippen LogP contribution in [0.25, 0.3) is 0 Å². The summed E-state index contributed by atoms with van der Waals surface area (Å²) in [5.74, 6) is -0.0701. The largest absolute Gasteiger partial charge is 0.482 e. The Morgan fingerprint density at radius 1 is 0.971 bits per heavy atom. The predicted octanol–water partition coefficient (Wildman–Crippen LogP) is 5.59. The first-order chi connectivity index (χ1) is 16.8. The van der Waals surface area contributed by atoms with Gasteiger partial charge in [0, 0.05) is 11.3 Å². The van der Waals surface area contributed by atoms with Crippen molar-refractivity contribution in [3.63, 3.8) is 0 Å². The SMILES string of the molecule is CCOC(=O)COc1ccc(CCc2cccc3c2CN(c2ccc(C(F)(F)F)cc2)C3=O)cc1. The van der Waals surface area contributed by atoms with Crippen LogP contribution in [0.1, 0.15) is 39.5 Å². The first-order valence-corrected chi connectivity index (χ1v) is 11.2. The molecule has 1 amide bonds. The van der Waals surface area contributed by atoms with E-state index in [9.17, 15) is 22.8 Å². The number of anilines is 1. The number of carbonyl (C=O) groups is 2. The second kappa shape index (κ2) is 10.2. The summed E-state index contributed by atoms with van der Waals surface area (Å²) in [6, 6.07) is 17.6. The molecule has 3 aromatic rings. The van der Waals surface area contributed by atoms with Crippen molar-refractivity contribution < 1.29 is 32.2 Å². The van der Waals surface area contributed by atoms with E-state index in [0.717, 1.165) is 35.2 Å². The number of benzene rings is 3. The molecule has 35 heavy (non-hydrogen) atoms. The molecule has 1 aliphatic rings. The van der Waals surface area contributed by atoms with E-state index in [0.29, 0.717) is 36.6 Å². The minimum Gasteiger partial charge on any atom is -0.482 e. The van der Waals surface area contributed by atoms with E-state index >= 15 is 0 Å². The summed E-state index contributed by atoms with van der Waals surface area (Å²) < 4.78 is 48.9. The van der Waals surface area contributed by atoms with Gasteiger partial charge < -0.3 is 14.4 Å². The van der Waals surface area contributed by atoms with Crippen LogP contribution >= 0.6 is 0 Å². The fourth-order valence-electron chi connectivity index (χ4n) is 4.05. The first-order valence-electron chi connectivity index (χ1n) is 11.2. The number of fused-ring (bicyclic) bond motifs is 1. The number of esters is 1. The summed E-state index contributed by atoms with van der Waals surface area (Å²) in [5, 5.41) is 0. The number of halogens is 3. The standard InChI is InChI=1S/C27H24F3NO4/c1-2-34-25(32)17-35-22-14-7-18(8-15-22)6-9-19-4-3-5-23-24(19)16-31(26(23)33)21-12-10-20(11-13-21)27(28,29)30/h3-5,7-8,10-15H,2,6,9,16-17H2,1H3. The molecule has 3 aromatic carbocycles. The Morgan fingerprint density at radius 2 is 1.69 bits per heavy atom. The van der Waals surface area contributed by atoms with E-state index in [1.54, 1.807) is 25.1 Å². The third kappa shape index (κ3) is 5.65. The highest BCUT2D eigenvalue weighted by Gasteiger charge is 2.32. The van der Waals surface area contributed by atoms with Crippen molar-refractivity contribution in [2.45, 2.75) is 32.5 Å². The molecule has 0 saturated carbocycles. The maximum Gasteiger partial charge on any atom is 0.416 e. The molecule has 0 atom stereocenters. The van der Waals surface area contributed by atoms with Gasteiger partial charge in [0.25, 0.3) is 5.91 Å². The molecular formula is C27H24F3NO4. The summed E-state index contributed by atoms with van der Waals surface area (Å²) in [6.07, 6.45) is -3.00. The quantitative estimate of drug-likeness (QED) is 0.392. The Hall–Kier alpha value is -3.81. The minimum atomic E-state index is -4.42. The number of nitrogens with zero attached hydrogens (tertiary/aromatic N) is 1. The molecule has 5 nitrogen and oxygen atoms in total. The molecule has 0 aliphatic carbocycles. The van der Waals surface area contributed by atoms with Crippen molar-refractivity contribution in [2.75, 3.05) is 18.1 Å². The highest BCUT2D eigenvalue weighted by Crippen LogP contribution is 2.34. The van der Waals surface area contributed by atoms with E-state index in [1.807, 2.05) is 24.3 Å². The van der Waals surface area contributed by atoms with Crippen LogP contribution in [0.2, 0.25) is 0 Å². The van der Waals surface area contributed by atoms with Crippen LogP contribution in [0.3, 0.4) is 0 Å². The lowest BCUT2D eigenvalue weighted by Crippen LogP contribution is -2.23. The monoisotopic (exact) mass is 483 g/mol. The lowest BCUT2D eigenvalue weighted by molar-refractivity contribution is -0.145. The molecule has 0 saturated heterocycles. The lowest BCUT2D eigenvalue weighted by atomic mass is 9.97. The van der Waals surface area contributed by atoms with Crippen molar-refractivity contribution in [1.29, 1.82) is 0 Å². The van der Waals surface area contributed by atoms with Crippen LogP contribution in [0.4, 0.5) is 18.9 Å². The molecule has 0 radical (unpaired) electrons. The Kier molecular flexibility index (Phi) is 7.10. The molecule has 182 valence electrons. The number of rotatable bonds is 8. The summed E-state index contributed by atoms with van der Waals surface area (Å²) in [7, 11) is 0. The maximum atomic E-state index is 13.0. The number of amides is 1. The number of ether oxygens (including phenoxy) is 2. The molecule has 0 bridgehead atoms. The molecule has 0 aromatic heterocycles. The van der Waals surface area contributed by atoms with Gasteiger partial charge in [-0.2, -0.15) is 13.2 Å². The third-order valence-corrected chi connectivity index (χ3v) is 5.84. The van der Waals surface area contributed by atoms with Gasteiger partial charge in [0.2, 0.25) is 0 Å². The Bertz CT molecular complexity index is 1200. The molecule has 1 heterocycles. The second-order valence-electron chi connectivity index (χ2n) is 8.12. The van der Waals surface area contributed by atoms with Gasteiger partial charge in [0.15, 0.2) is 6.61 Å². The Balaban J connectivity index is 1.41. The zero-order valence-electron chi connectivity index (χ0n) is 19.1. The maximum absolute atomic E-state index is 13.0. The molecule has 0 fully saturated rings. The highest BCUT2D eigenvalue weighted by atomic mass is 19.4. The average Bonchev–Trinajstić information content (AvgIpc) is 3.19. The third-order valence-electron chi connectivity index (χ3n) is 5.84. The Morgan fingerprint density at radius 3 is 2.34 bits per heavy atom. The molecule has 0 unspecified atom stereocenters. The van der Waals surface area contributed by atoms with Crippen LogP contribution in [0.15, 0.2) is 66.7 Å². The van der Waals surface area contributed by atoms with Gasteiger partial charge in [-0.05, 0) is 78.9 Å². The number of aryl methyl sites for hydroxylation is 2. The van der Waals surface area contributed by atoms with Crippen molar-refractivity contribution in [3.8, 4) is 5.75 Å². The smallest absolute Gasteiger partial charge is 0.416 e. The summed E-state index contributed by atoms with van der Waals surface area (Å²) in [5.41, 5.74) is 3.24. The van der Waals surface area contributed by atoms with Gasteiger partial charge >= 0.3 is 12.1 Å². The van der Waals surface area contributed by atoms with Crippen LogP contribution in [-0.4, -0.2) is 25.1 Å². The van der Waals surface area contributed by atoms with Gasteiger partial charge in [0.1, 0.15) is 5.75 Å². The van der Waals surface area contributed by atoms with Gasteiger partial charge in [-0.3, -0.25) is 4.79 Å². The summed E-state index contributed by atoms with van der Waals surface area (Å²) in [4.78, 5) is 25.9. The van der Waals surface area contributed by atoms with E-state index < -0.39 is 17.7 Å². The molecule has 0 N–H and O–H groups in total. The number of carbonyl (C=O) groups excluding carboxylic acids is 2. The van der Waals surface area contributed by atoms with E-state index in [1.165, 1.54) is 17.0 Å². The van der Waals surface area contributed by atoms with E-state index in [4.69, 9.17) is 9.47 Å². The summed E-state index contributed by atoms with van der Waals surface area (Å²) in [6.45, 7) is 2.21. The zero-order chi connectivity index (χ0) is 25.0.